The molecule has 0 spiro atoms. The topological polar surface area (TPSA) is 108 Å². The number of phosphoric acid groups is 1. The van der Waals surface area contributed by atoms with Crippen LogP contribution >= 0.6 is 7.82 Å². The molecular formula is C60H111NO8P+. The summed E-state index contributed by atoms with van der Waals surface area (Å²) < 4.78 is 34.5. The van der Waals surface area contributed by atoms with Crippen LogP contribution in [0.15, 0.2) is 60.8 Å². The highest BCUT2D eigenvalue weighted by atomic mass is 31.2. The lowest BCUT2D eigenvalue weighted by Crippen LogP contribution is -2.37. The molecule has 0 bridgehead atoms. The molecule has 0 radical (unpaired) electrons. The van der Waals surface area contributed by atoms with Gasteiger partial charge in [0.25, 0.3) is 0 Å². The predicted molar refractivity (Wildman–Crippen MR) is 298 cm³/mol. The number of rotatable bonds is 53. The fourth-order valence-corrected chi connectivity index (χ4v) is 8.74. The van der Waals surface area contributed by atoms with E-state index in [9.17, 15) is 19.0 Å². The number of allylic oxidation sites excluding steroid dienone is 10. The maximum atomic E-state index is 12.8. The van der Waals surface area contributed by atoms with Gasteiger partial charge in [0.15, 0.2) is 6.10 Å². The molecule has 0 aliphatic rings. The minimum Gasteiger partial charge on any atom is -0.462 e. The SMILES string of the molecule is CCC/C=C\C/C=C\CCCCCCCC(=O)OCC(COP(=O)(O)OCC[N+](C)(C)C)OC(=O)CCCCCCCCCCCCCCCCCCCC/C=C\C/C=C\C/C=C\CCCCCCC. The Bertz CT molecular complexity index is 1370. The van der Waals surface area contributed by atoms with Gasteiger partial charge in [-0.1, -0.05) is 229 Å². The Morgan fingerprint density at radius 3 is 1.20 bits per heavy atom. The van der Waals surface area contributed by atoms with Crippen molar-refractivity contribution >= 4 is 19.8 Å². The number of ether oxygens (including phenoxy) is 2. The van der Waals surface area contributed by atoms with E-state index in [1.165, 1.54) is 148 Å². The fourth-order valence-electron chi connectivity index (χ4n) is 8.00. The van der Waals surface area contributed by atoms with E-state index in [1.54, 1.807) is 0 Å². The van der Waals surface area contributed by atoms with Crippen molar-refractivity contribution < 1.29 is 42.1 Å². The molecule has 2 unspecified atom stereocenters. The molecule has 2 atom stereocenters. The fraction of sp³-hybridized carbons (Fsp3) is 0.800. The van der Waals surface area contributed by atoms with Crippen LogP contribution in [0.2, 0.25) is 0 Å². The number of carbonyl (C=O) groups is 2. The highest BCUT2D eigenvalue weighted by molar-refractivity contribution is 7.47. The third kappa shape index (κ3) is 55.0. The zero-order valence-corrected chi connectivity index (χ0v) is 47.1. The van der Waals surface area contributed by atoms with Crippen LogP contribution in [-0.4, -0.2) is 74.9 Å². The second-order valence-corrected chi connectivity index (χ2v) is 22.1. The quantitative estimate of drug-likeness (QED) is 0.0211. The van der Waals surface area contributed by atoms with Gasteiger partial charge in [-0.05, 0) is 77.0 Å². The number of esters is 2. The monoisotopic (exact) mass is 1000 g/mol. The molecule has 0 saturated heterocycles. The molecule has 0 saturated carbocycles. The van der Waals surface area contributed by atoms with E-state index in [0.717, 1.165) is 77.0 Å². The standard InChI is InChI=1S/C60H110NO8P/c1-6-8-10-12-14-16-18-20-21-22-23-24-25-26-27-28-29-30-31-32-33-34-35-36-37-38-39-41-43-45-47-49-51-53-60(63)69-58(57-68-70(64,65)67-55-54-61(3,4)5)56-66-59(62)52-50-48-46-44-42-40-19-17-15-13-11-9-7-2/h11,13,17-20,22-23,25-26,58H,6-10,12,14-16,21,24,27-57H2,1-5H3/p+1/b13-11-,19-17-,20-18-,23-22-,26-25-. The Morgan fingerprint density at radius 1 is 0.443 bits per heavy atom. The largest absolute Gasteiger partial charge is 0.472 e. The van der Waals surface area contributed by atoms with Crippen LogP contribution in [0, 0.1) is 0 Å². The number of hydrogen-bond donors (Lipinski definition) is 1. The summed E-state index contributed by atoms with van der Waals surface area (Å²) in [5.41, 5.74) is 0. The van der Waals surface area contributed by atoms with E-state index in [1.807, 2.05) is 21.1 Å². The summed E-state index contributed by atoms with van der Waals surface area (Å²) in [6.07, 6.45) is 65.9. The smallest absolute Gasteiger partial charge is 0.462 e. The van der Waals surface area contributed by atoms with E-state index in [-0.39, 0.29) is 32.0 Å². The first-order valence-electron chi connectivity index (χ1n) is 29.0. The molecule has 0 rings (SSSR count). The molecule has 10 heteroatoms. The van der Waals surface area contributed by atoms with E-state index in [0.29, 0.717) is 17.4 Å². The lowest BCUT2D eigenvalue weighted by Gasteiger charge is -2.24. The summed E-state index contributed by atoms with van der Waals surface area (Å²) in [5, 5.41) is 0. The Kier molecular flexibility index (Phi) is 49.9. The van der Waals surface area contributed by atoms with Gasteiger partial charge in [-0.15, -0.1) is 0 Å². The van der Waals surface area contributed by atoms with Crippen molar-refractivity contribution in [3.8, 4) is 0 Å². The minimum atomic E-state index is -4.39. The highest BCUT2D eigenvalue weighted by Crippen LogP contribution is 2.43. The van der Waals surface area contributed by atoms with Crippen LogP contribution in [0.4, 0.5) is 0 Å². The van der Waals surface area contributed by atoms with Crippen LogP contribution in [-0.2, 0) is 32.7 Å². The summed E-state index contributed by atoms with van der Waals surface area (Å²) >= 11 is 0. The van der Waals surface area contributed by atoms with Gasteiger partial charge in [0.2, 0.25) is 0 Å². The van der Waals surface area contributed by atoms with Crippen LogP contribution in [0.5, 0.6) is 0 Å². The molecule has 0 fully saturated rings. The van der Waals surface area contributed by atoms with Gasteiger partial charge in [0.05, 0.1) is 27.7 Å². The van der Waals surface area contributed by atoms with Gasteiger partial charge in [0, 0.05) is 12.8 Å². The van der Waals surface area contributed by atoms with Gasteiger partial charge in [-0.25, -0.2) is 4.57 Å². The third-order valence-electron chi connectivity index (χ3n) is 12.5. The predicted octanol–water partition coefficient (Wildman–Crippen LogP) is 17.9. The molecule has 0 aliphatic carbocycles. The van der Waals surface area contributed by atoms with Crippen molar-refractivity contribution in [2.45, 2.75) is 264 Å². The highest BCUT2D eigenvalue weighted by Gasteiger charge is 2.27. The molecule has 0 amide bonds. The van der Waals surface area contributed by atoms with E-state index >= 15 is 0 Å². The van der Waals surface area contributed by atoms with Gasteiger partial charge in [0.1, 0.15) is 19.8 Å². The maximum Gasteiger partial charge on any atom is 0.472 e. The minimum absolute atomic E-state index is 0.0287. The molecule has 0 aromatic rings. The second-order valence-electron chi connectivity index (χ2n) is 20.7. The Labute approximate surface area is 432 Å². The third-order valence-corrected chi connectivity index (χ3v) is 13.5. The zero-order valence-electron chi connectivity index (χ0n) is 46.2. The van der Waals surface area contributed by atoms with Crippen LogP contribution in [0.25, 0.3) is 0 Å². The molecule has 0 aromatic heterocycles. The van der Waals surface area contributed by atoms with Gasteiger partial charge >= 0.3 is 19.8 Å². The van der Waals surface area contributed by atoms with E-state index < -0.39 is 26.5 Å². The number of likely N-dealkylation sites (N-methyl/N-ethyl adjacent to an activating group) is 1. The Balaban J connectivity index is 4.02. The average Bonchev–Trinajstić information content (AvgIpc) is 3.32. The van der Waals surface area contributed by atoms with Gasteiger partial charge in [-0.2, -0.15) is 0 Å². The van der Waals surface area contributed by atoms with Crippen molar-refractivity contribution in [2.24, 2.45) is 0 Å². The summed E-state index contributed by atoms with van der Waals surface area (Å²) in [4.78, 5) is 35.6. The average molecular weight is 1010 g/mol. The summed E-state index contributed by atoms with van der Waals surface area (Å²) in [6, 6.07) is 0. The van der Waals surface area contributed by atoms with Gasteiger partial charge < -0.3 is 18.9 Å². The van der Waals surface area contributed by atoms with Crippen LogP contribution in [0.1, 0.15) is 258 Å². The summed E-state index contributed by atoms with van der Waals surface area (Å²) in [5.74, 6) is -0.809. The zero-order chi connectivity index (χ0) is 51.3. The summed E-state index contributed by atoms with van der Waals surface area (Å²) in [6.45, 7) is 4.35. The van der Waals surface area contributed by atoms with Crippen molar-refractivity contribution in [2.75, 3.05) is 47.5 Å². The first-order chi connectivity index (χ1) is 34.0. The molecule has 0 aromatic carbocycles. The Morgan fingerprint density at radius 2 is 0.800 bits per heavy atom. The van der Waals surface area contributed by atoms with Gasteiger partial charge in [-0.3, -0.25) is 18.6 Å². The number of unbranched alkanes of at least 4 members (excludes halogenated alkanes) is 29. The van der Waals surface area contributed by atoms with E-state index in [4.69, 9.17) is 18.5 Å². The lowest BCUT2D eigenvalue weighted by atomic mass is 10.0. The van der Waals surface area contributed by atoms with Crippen LogP contribution < -0.4 is 0 Å². The number of hydrogen-bond acceptors (Lipinski definition) is 7. The maximum absolute atomic E-state index is 12.8. The lowest BCUT2D eigenvalue weighted by molar-refractivity contribution is -0.870. The first-order valence-corrected chi connectivity index (χ1v) is 30.5. The van der Waals surface area contributed by atoms with E-state index in [2.05, 4.69) is 74.6 Å². The van der Waals surface area contributed by atoms with Crippen molar-refractivity contribution in [3.63, 3.8) is 0 Å². The second kappa shape index (κ2) is 51.6. The van der Waals surface area contributed by atoms with Crippen molar-refractivity contribution in [1.82, 2.24) is 0 Å². The number of phosphoric ester groups is 1. The number of carbonyl (C=O) groups excluding carboxylic acids is 2. The molecule has 70 heavy (non-hydrogen) atoms. The molecular weight excluding hydrogens is 894 g/mol. The molecule has 1 N–H and O–H groups in total. The summed E-state index contributed by atoms with van der Waals surface area (Å²) in [7, 11) is 1.47. The molecule has 408 valence electrons. The molecule has 9 nitrogen and oxygen atoms in total. The van der Waals surface area contributed by atoms with Crippen molar-refractivity contribution in [1.29, 1.82) is 0 Å². The first kappa shape index (κ1) is 67.7. The van der Waals surface area contributed by atoms with Crippen molar-refractivity contribution in [3.05, 3.63) is 60.8 Å². The Hall–Kier alpha value is -2.29. The number of nitrogens with zero attached hydrogens (tertiary/aromatic N) is 1. The van der Waals surface area contributed by atoms with Crippen LogP contribution in [0.3, 0.4) is 0 Å². The molecule has 0 heterocycles. The number of quaternary nitrogens is 1. The molecule has 0 aliphatic heterocycles. The normalized spacial score (nSPS) is 13.7.